The number of hydrogen-bond donors (Lipinski definition) is 2. The van der Waals surface area contributed by atoms with Crippen LogP contribution in [0.15, 0.2) is 64.7 Å². The maximum atomic E-state index is 16.3. The van der Waals surface area contributed by atoms with Crippen molar-refractivity contribution in [3.8, 4) is 11.4 Å². The number of carbonyl (C=O) groups is 1. The fourth-order valence-corrected chi connectivity index (χ4v) is 5.15. The Balaban J connectivity index is 1.50. The van der Waals surface area contributed by atoms with Crippen molar-refractivity contribution >= 4 is 34.0 Å². The summed E-state index contributed by atoms with van der Waals surface area (Å²) >= 11 is 0. The lowest BCUT2D eigenvalue weighted by molar-refractivity contribution is -0.385. The van der Waals surface area contributed by atoms with E-state index in [2.05, 4.69) is 5.16 Å². The van der Waals surface area contributed by atoms with Gasteiger partial charge >= 0.3 is 5.97 Å². The summed E-state index contributed by atoms with van der Waals surface area (Å²) in [5.74, 6) is -4.65. The quantitative estimate of drug-likeness (QED) is 0.130. The first-order valence-electron chi connectivity index (χ1n) is 13.1. The molecule has 0 saturated carbocycles. The monoisotopic (exact) mass is 611 g/mol. The Morgan fingerprint density at radius 3 is 2.30 bits per heavy atom. The molecule has 3 aromatic carbocycles. The number of nitro benzene ring substituents is 1. The lowest BCUT2D eigenvalue weighted by Gasteiger charge is -2.36. The van der Waals surface area contributed by atoms with Gasteiger partial charge in [0.05, 0.1) is 34.7 Å². The molecule has 1 aromatic heterocycles. The van der Waals surface area contributed by atoms with E-state index in [4.69, 9.17) is 4.74 Å². The average molecular weight is 612 g/mol. The number of carboxylic acids is 1. The summed E-state index contributed by atoms with van der Waals surface area (Å²) in [6.45, 7) is 1.06. The van der Waals surface area contributed by atoms with Gasteiger partial charge in [0.15, 0.2) is 11.6 Å². The molecule has 0 spiro atoms. The molecule has 2 heterocycles. The molecule has 5 rings (SSSR count). The molecule has 2 N–H and O–H groups in total. The van der Waals surface area contributed by atoms with Gasteiger partial charge in [0.1, 0.15) is 28.5 Å². The highest BCUT2D eigenvalue weighted by atomic mass is 19.1. The van der Waals surface area contributed by atoms with Gasteiger partial charge < -0.3 is 24.5 Å². The van der Waals surface area contributed by atoms with Gasteiger partial charge in [0.25, 0.3) is 5.69 Å². The van der Waals surface area contributed by atoms with Gasteiger partial charge in [-0.25, -0.2) is 18.0 Å². The van der Waals surface area contributed by atoms with Gasteiger partial charge in [0, 0.05) is 50.6 Å². The van der Waals surface area contributed by atoms with E-state index in [9.17, 15) is 30.0 Å². The van der Waals surface area contributed by atoms with E-state index in [1.54, 1.807) is 24.3 Å². The average Bonchev–Trinajstić information content (AvgIpc) is 3.01. The maximum absolute atomic E-state index is 16.3. The Hall–Kier alpha value is -5.44. The number of carboxylic acid groups (broad SMARTS) is 1. The number of hydrogen-bond acceptors (Lipinski definition) is 9. The van der Waals surface area contributed by atoms with Crippen molar-refractivity contribution in [2.75, 3.05) is 44.7 Å². The van der Waals surface area contributed by atoms with E-state index in [1.807, 2.05) is 4.90 Å². The number of nitro groups is 1. The van der Waals surface area contributed by atoms with Crippen LogP contribution >= 0.6 is 0 Å². The lowest BCUT2D eigenvalue weighted by atomic mass is 10.1. The molecular formula is C29H24F3N5O7. The molecule has 1 saturated heterocycles. The third kappa shape index (κ3) is 5.51. The molecule has 0 aliphatic carbocycles. The molecule has 15 heteroatoms. The number of benzene rings is 3. The lowest BCUT2D eigenvalue weighted by Crippen LogP contribution is -2.48. The molecule has 0 bridgehead atoms. The second-order valence-corrected chi connectivity index (χ2v) is 9.90. The maximum Gasteiger partial charge on any atom is 0.341 e. The van der Waals surface area contributed by atoms with Crippen molar-refractivity contribution in [1.29, 1.82) is 0 Å². The fourth-order valence-electron chi connectivity index (χ4n) is 5.15. The Kier molecular flexibility index (Phi) is 8.22. The van der Waals surface area contributed by atoms with Crippen molar-refractivity contribution in [2.45, 2.75) is 0 Å². The number of aromatic carboxylic acids is 1. The van der Waals surface area contributed by atoms with E-state index >= 15 is 13.2 Å². The molecule has 0 radical (unpaired) electrons. The summed E-state index contributed by atoms with van der Waals surface area (Å²) in [7, 11) is 1.52. The summed E-state index contributed by atoms with van der Waals surface area (Å²) in [5.41, 5.74) is -3.25. The minimum absolute atomic E-state index is 0.115. The zero-order valence-electron chi connectivity index (χ0n) is 23.0. The number of halogens is 3. The summed E-state index contributed by atoms with van der Waals surface area (Å²) in [4.78, 5) is 38.3. The molecule has 228 valence electrons. The number of non-ortho nitro benzene ring substituents is 1. The fraction of sp³-hybridized carbons (Fsp3) is 0.207. The van der Waals surface area contributed by atoms with E-state index < -0.39 is 67.3 Å². The molecule has 1 fully saturated rings. The van der Waals surface area contributed by atoms with Crippen LogP contribution in [-0.2, 0) is 0 Å². The Bertz CT molecular complexity index is 1870. The molecule has 0 atom stereocenters. The third-order valence-corrected chi connectivity index (χ3v) is 7.39. The molecule has 0 amide bonds. The van der Waals surface area contributed by atoms with Crippen molar-refractivity contribution in [1.82, 2.24) is 9.47 Å². The highest BCUT2D eigenvalue weighted by molar-refractivity contribution is 6.01. The minimum atomic E-state index is -1.71. The molecule has 12 nitrogen and oxygen atoms in total. The van der Waals surface area contributed by atoms with Crippen LogP contribution < -0.4 is 15.1 Å². The Morgan fingerprint density at radius 1 is 1.05 bits per heavy atom. The Morgan fingerprint density at radius 2 is 1.73 bits per heavy atom. The normalized spacial score (nSPS) is 14.2. The van der Waals surface area contributed by atoms with E-state index in [0.717, 1.165) is 16.7 Å². The van der Waals surface area contributed by atoms with Crippen molar-refractivity contribution in [3.05, 3.63) is 104 Å². The minimum Gasteiger partial charge on any atom is -0.497 e. The molecule has 4 aromatic rings. The van der Waals surface area contributed by atoms with Crippen LogP contribution in [0.5, 0.6) is 5.75 Å². The second-order valence-electron chi connectivity index (χ2n) is 9.90. The summed E-state index contributed by atoms with van der Waals surface area (Å²) < 4.78 is 52.7. The number of methoxy groups -OCH3 is 1. The number of rotatable bonds is 8. The molecule has 44 heavy (non-hydrogen) atoms. The number of aromatic nitrogens is 1. The standard InChI is InChI=1S/C29H24F3N5O7/c1-44-18-5-2-16(3-6-18)23(33-41)15-34-8-10-35(11-9-34)27-22(31)13-19-26(25(27)32)36(14-20(28(19)38)29(39)40)24-7-4-17(37(42)43)12-21(24)30/h2-7,12-14,41H,8-11,15H2,1H3,(H,39,40)/b33-23+. The number of nitrogens with zero attached hydrogens (tertiary/aromatic N) is 5. The molecule has 1 aliphatic heterocycles. The van der Waals surface area contributed by atoms with Crippen LogP contribution in [0.25, 0.3) is 16.6 Å². The van der Waals surface area contributed by atoms with Gasteiger partial charge in [-0.2, -0.15) is 0 Å². The van der Waals surface area contributed by atoms with Gasteiger partial charge in [0.2, 0.25) is 5.43 Å². The van der Waals surface area contributed by atoms with Crippen LogP contribution in [0.4, 0.5) is 24.5 Å². The Labute approximate surface area is 246 Å². The zero-order valence-corrected chi connectivity index (χ0v) is 23.0. The number of piperazine rings is 1. The van der Waals surface area contributed by atoms with Gasteiger partial charge in [-0.1, -0.05) is 5.16 Å². The van der Waals surface area contributed by atoms with Crippen LogP contribution in [0, 0.1) is 27.6 Å². The predicted molar refractivity (Wildman–Crippen MR) is 153 cm³/mol. The predicted octanol–water partition coefficient (Wildman–Crippen LogP) is 4.02. The van der Waals surface area contributed by atoms with Gasteiger partial charge in [-0.05, 0) is 36.4 Å². The highest BCUT2D eigenvalue weighted by Crippen LogP contribution is 2.33. The van der Waals surface area contributed by atoms with E-state index in [0.29, 0.717) is 48.4 Å². The first-order valence-corrected chi connectivity index (χ1v) is 13.1. The number of anilines is 1. The van der Waals surface area contributed by atoms with Crippen molar-refractivity contribution in [2.24, 2.45) is 5.16 Å². The largest absolute Gasteiger partial charge is 0.497 e. The zero-order chi connectivity index (χ0) is 31.7. The van der Waals surface area contributed by atoms with Crippen LogP contribution in [0.2, 0.25) is 0 Å². The highest BCUT2D eigenvalue weighted by Gasteiger charge is 2.29. The van der Waals surface area contributed by atoms with Crippen molar-refractivity contribution in [3.63, 3.8) is 0 Å². The van der Waals surface area contributed by atoms with E-state index in [1.165, 1.54) is 12.0 Å². The van der Waals surface area contributed by atoms with Gasteiger partial charge in [-0.15, -0.1) is 0 Å². The van der Waals surface area contributed by atoms with Crippen LogP contribution in [-0.4, -0.2) is 76.2 Å². The first-order chi connectivity index (χ1) is 21.0. The molecule has 0 unspecified atom stereocenters. The van der Waals surface area contributed by atoms with Crippen LogP contribution in [0.1, 0.15) is 15.9 Å². The van der Waals surface area contributed by atoms with Gasteiger partial charge in [-0.3, -0.25) is 19.8 Å². The third-order valence-electron chi connectivity index (χ3n) is 7.39. The topological polar surface area (TPSA) is 151 Å². The van der Waals surface area contributed by atoms with E-state index in [-0.39, 0.29) is 19.6 Å². The summed E-state index contributed by atoms with van der Waals surface area (Å²) in [5, 5.41) is 33.0. The first kappa shape index (κ1) is 30.0. The number of pyridine rings is 1. The number of ether oxygens (including phenoxy) is 1. The van der Waals surface area contributed by atoms with Crippen LogP contribution in [0.3, 0.4) is 0 Å². The number of fused-ring (bicyclic) bond motifs is 1. The smallest absolute Gasteiger partial charge is 0.341 e. The second kappa shape index (κ2) is 12.0. The SMILES string of the molecule is COc1ccc(/C(CN2CCN(c3c(F)cc4c(=O)c(C(=O)O)cn(-c5ccc([N+](=O)[O-])cc5F)c4c3F)CC2)=N/O)cc1. The summed E-state index contributed by atoms with van der Waals surface area (Å²) in [6.07, 6.45) is 0.703. The number of oxime groups is 1. The van der Waals surface area contributed by atoms with Crippen molar-refractivity contribution < 1.29 is 37.9 Å². The summed E-state index contributed by atoms with van der Waals surface area (Å²) in [6, 6.07) is 10.0. The molecule has 1 aliphatic rings. The molecular weight excluding hydrogens is 587 g/mol.